The summed E-state index contributed by atoms with van der Waals surface area (Å²) < 4.78 is 6.22. The highest BCUT2D eigenvalue weighted by Gasteiger charge is 2.74. The summed E-state index contributed by atoms with van der Waals surface area (Å²) in [7, 11) is 0. The van der Waals surface area contributed by atoms with Crippen molar-refractivity contribution in [2.45, 2.75) is 104 Å². The fourth-order valence-corrected chi connectivity index (χ4v) is 4.90. The average Bonchev–Trinajstić information content (AvgIpc) is 3.03. The second-order valence-corrected chi connectivity index (χ2v) is 9.18. The molecule has 134 valence electrons. The van der Waals surface area contributed by atoms with Crippen LogP contribution < -0.4 is 0 Å². The summed E-state index contributed by atoms with van der Waals surface area (Å²) in [5, 5.41) is 10.1. The van der Waals surface area contributed by atoms with Gasteiger partial charge in [-0.1, -0.05) is 72.5 Å². The third kappa shape index (κ3) is 3.85. The smallest absolute Gasteiger partial charge is 0.121 e. The molecule has 2 unspecified atom stereocenters. The van der Waals surface area contributed by atoms with E-state index in [1.54, 1.807) is 0 Å². The van der Waals surface area contributed by atoms with Crippen LogP contribution in [-0.2, 0) is 4.74 Å². The molecular weight excluding hydrogens is 284 g/mol. The average molecular weight is 323 g/mol. The summed E-state index contributed by atoms with van der Waals surface area (Å²) in [4.78, 5) is 0. The molecule has 1 saturated heterocycles. The monoisotopic (exact) mass is 322 g/mol. The van der Waals surface area contributed by atoms with Gasteiger partial charge in [-0.3, -0.25) is 0 Å². The second-order valence-electron chi connectivity index (χ2n) is 9.18. The molecule has 0 bridgehead atoms. The molecule has 0 aromatic carbocycles. The van der Waals surface area contributed by atoms with Crippen LogP contribution >= 0.6 is 0 Å². The van der Waals surface area contributed by atoms with Gasteiger partial charge in [-0.05, 0) is 31.6 Å². The Bertz CT molecular complexity index is 428. The van der Waals surface area contributed by atoms with E-state index in [1.807, 2.05) is 0 Å². The topological polar surface area (TPSA) is 32.8 Å². The van der Waals surface area contributed by atoms with Crippen LogP contribution in [0.5, 0.6) is 0 Å². The van der Waals surface area contributed by atoms with Crippen molar-refractivity contribution in [3.63, 3.8) is 0 Å². The Morgan fingerprint density at radius 2 is 1.83 bits per heavy atom. The molecule has 0 spiro atoms. The van der Waals surface area contributed by atoms with Crippen molar-refractivity contribution in [3.8, 4) is 0 Å². The molecule has 1 saturated carbocycles. The van der Waals surface area contributed by atoms with Crippen molar-refractivity contribution < 1.29 is 9.84 Å². The molecule has 2 heteroatoms. The molecule has 2 rings (SSSR count). The van der Waals surface area contributed by atoms with E-state index < -0.39 is 0 Å². The molecule has 1 N–H and O–H groups in total. The summed E-state index contributed by atoms with van der Waals surface area (Å²) in [5.74, 6) is 1.47. The lowest BCUT2D eigenvalue weighted by atomic mass is 9.63. The summed E-state index contributed by atoms with van der Waals surface area (Å²) in [6, 6.07) is 0. The Morgan fingerprint density at radius 1 is 1.13 bits per heavy atom. The van der Waals surface area contributed by atoms with E-state index in [2.05, 4.69) is 53.7 Å². The molecular formula is C21H38O2. The maximum atomic E-state index is 10.1. The van der Waals surface area contributed by atoms with E-state index in [0.717, 1.165) is 18.8 Å². The lowest BCUT2D eigenvalue weighted by Gasteiger charge is -2.39. The number of rotatable bonds is 8. The first-order valence-electron chi connectivity index (χ1n) is 9.73. The molecule has 23 heavy (non-hydrogen) atoms. The van der Waals surface area contributed by atoms with Crippen LogP contribution in [0.25, 0.3) is 0 Å². The first kappa shape index (κ1) is 19.0. The van der Waals surface area contributed by atoms with Crippen LogP contribution in [0.15, 0.2) is 12.2 Å². The van der Waals surface area contributed by atoms with Gasteiger partial charge in [0.15, 0.2) is 0 Å². The third-order valence-corrected chi connectivity index (χ3v) is 6.30. The Hall–Kier alpha value is -0.340. The van der Waals surface area contributed by atoms with Crippen LogP contribution in [0.1, 0.15) is 86.5 Å². The number of hydrogen-bond donors (Lipinski definition) is 1. The number of ether oxygens (including phenoxy) is 1. The highest BCUT2D eigenvalue weighted by atomic mass is 16.6. The number of hydrogen-bond acceptors (Lipinski definition) is 2. The van der Waals surface area contributed by atoms with Gasteiger partial charge in [0.25, 0.3) is 0 Å². The van der Waals surface area contributed by atoms with Crippen molar-refractivity contribution in [2.24, 2.45) is 17.3 Å². The quantitative estimate of drug-likeness (QED) is 0.473. The number of allylic oxidation sites excluding steroid dienone is 1. The number of aliphatic hydroxyl groups is 1. The summed E-state index contributed by atoms with van der Waals surface area (Å²) >= 11 is 0. The van der Waals surface area contributed by atoms with Gasteiger partial charge < -0.3 is 9.84 Å². The van der Waals surface area contributed by atoms with Gasteiger partial charge >= 0.3 is 0 Å². The van der Waals surface area contributed by atoms with Gasteiger partial charge in [0, 0.05) is 11.8 Å². The standard InChI is InChI=1S/C21H38O2/c1-7-9-16(2)10-8-11-17(3)12-13-21-19(4,5)14-18(22)15-20(21,6)23-21/h12-13,16-18,22H,7-11,14-15H2,1-6H3/b13-12+/t16?,17?,18-,20+,21-/m0/s1. The van der Waals surface area contributed by atoms with Crippen LogP contribution in [0.4, 0.5) is 0 Å². The highest BCUT2D eigenvalue weighted by molar-refractivity contribution is 5.32. The predicted molar refractivity (Wildman–Crippen MR) is 97.5 cm³/mol. The third-order valence-electron chi connectivity index (χ3n) is 6.30. The van der Waals surface area contributed by atoms with Crippen molar-refractivity contribution in [1.82, 2.24) is 0 Å². The Morgan fingerprint density at radius 3 is 2.43 bits per heavy atom. The lowest BCUT2D eigenvalue weighted by Crippen LogP contribution is -2.46. The second kappa shape index (κ2) is 6.88. The van der Waals surface area contributed by atoms with Gasteiger partial charge in [0.2, 0.25) is 0 Å². The summed E-state index contributed by atoms with van der Waals surface area (Å²) in [6.45, 7) is 13.6. The maximum Gasteiger partial charge on any atom is 0.121 e. The van der Waals surface area contributed by atoms with E-state index >= 15 is 0 Å². The Labute approximate surface area is 143 Å². The molecule has 0 amide bonds. The van der Waals surface area contributed by atoms with E-state index in [9.17, 15) is 5.11 Å². The molecule has 2 aliphatic rings. The molecule has 0 radical (unpaired) electrons. The van der Waals surface area contributed by atoms with E-state index in [1.165, 1.54) is 32.1 Å². The van der Waals surface area contributed by atoms with Gasteiger partial charge in [0.1, 0.15) is 11.2 Å². The van der Waals surface area contributed by atoms with Gasteiger partial charge in [-0.2, -0.15) is 0 Å². The first-order valence-corrected chi connectivity index (χ1v) is 9.73. The largest absolute Gasteiger partial charge is 0.393 e. The van der Waals surface area contributed by atoms with Gasteiger partial charge in [0.05, 0.1) is 6.10 Å². The fourth-order valence-electron chi connectivity index (χ4n) is 4.90. The number of aliphatic hydroxyl groups excluding tert-OH is 1. The molecule has 2 nitrogen and oxygen atoms in total. The van der Waals surface area contributed by atoms with Gasteiger partial charge in [-0.15, -0.1) is 0 Å². The first-order chi connectivity index (χ1) is 10.7. The molecule has 1 heterocycles. The van der Waals surface area contributed by atoms with Gasteiger partial charge in [-0.25, -0.2) is 0 Å². The van der Waals surface area contributed by atoms with Crippen LogP contribution in [-0.4, -0.2) is 22.4 Å². The zero-order valence-corrected chi connectivity index (χ0v) is 16.2. The molecule has 1 aliphatic carbocycles. The Kier molecular flexibility index (Phi) is 5.68. The Balaban J connectivity index is 1.87. The lowest BCUT2D eigenvalue weighted by molar-refractivity contribution is 0.0513. The number of fused-ring (bicyclic) bond motifs is 1. The minimum atomic E-state index is -0.225. The molecule has 2 fully saturated rings. The van der Waals surface area contributed by atoms with E-state index in [4.69, 9.17) is 4.74 Å². The summed E-state index contributed by atoms with van der Waals surface area (Å²) in [6.07, 6.45) is 12.7. The van der Waals surface area contributed by atoms with Crippen LogP contribution in [0.3, 0.4) is 0 Å². The molecule has 0 aromatic rings. The SMILES string of the molecule is CCCC(C)CCCC(C)/C=C/[C@@]12O[C@]1(C)C[C@@H](O)CC2(C)C. The number of epoxide rings is 1. The van der Waals surface area contributed by atoms with E-state index in [0.29, 0.717) is 5.92 Å². The van der Waals surface area contributed by atoms with Crippen LogP contribution in [0, 0.1) is 17.3 Å². The van der Waals surface area contributed by atoms with Crippen molar-refractivity contribution in [2.75, 3.05) is 0 Å². The van der Waals surface area contributed by atoms with Crippen molar-refractivity contribution in [3.05, 3.63) is 12.2 Å². The van der Waals surface area contributed by atoms with Crippen molar-refractivity contribution >= 4 is 0 Å². The van der Waals surface area contributed by atoms with Crippen LogP contribution in [0.2, 0.25) is 0 Å². The highest BCUT2D eigenvalue weighted by Crippen LogP contribution is 2.66. The zero-order chi connectivity index (χ0) is 17.3. The minimum absolute atomic E-state index is 0.00523. The van der Waals surface area contributed by atoms with E-state index in [-0.39, 0.29) is 22.7 Å². The predicted octanol–water partition coefficient (Wildman–Crippen LogP) is 5.49. The normalized spacial score (nSPS) is 38.3. The molecule has 5 atom stereocenters. The fraction of sp³-hybridized carbons (Fsp3) is 0.905. The molecule has 1 aliphatic heterocycles. The molecule has 0 aromatic heterocycles. The maximum absolute atomic E-state index is 10.1. The minimum Gasteiger partial charge on any atom is -0.393 e. The zero-order valence-electron chi connectivity index (χ0n) is 16.2. The van der Waals surface area contributed by atoms with Crippen molar-refractivity contribution in [1.29, 1.82) is 0 Å². The summed E-state index contributed by atoms with van der Waals surface area (Å²) in [5.41, 5.74) is -0.325.